The van der Waals surface area contributed by atoms with Gasteiger partial charge in [0.1, 0.15) is 18.1 Å². The van der Waals surface area contributed by atoms with Gasteiger partial charge in [0, 0.05) is 37.0 Å². The summed E-state index contributed by atoms with van der Waals surface area (Å²) in [5.41, 5.74) is 6.55. The van der Waals surface area contributed by atoms with E-state index in [4.69, 9.17) is 10.8 Å². The Hall–Kier alpha value is -3.13. The molecule has 13 nitrogen and oxygen atoms in total. The second-order valence-corrected chi connectivity index (χ2v) is 8.02. The van der Waals surface area contributed by atoms with E-state index in [1.54, 1.807) is 0 Å². The summed E-state index contributed by atoms with van der Waals surface area (Å²) in [5.74, 6) is -4.40. The fraction of sp³-hybridized carbons (Fsp3) is 0.579. The molecule has 0 radical (unpaired) electrons. The summed E-state index contributed by atoms with van der Waals surface area (Å²) in [6.45, 7) is 0.240. The van der Waals surface area contributed by atoms with Crippen LogP contribution >= 0.6 is 12.6 Å². The van der Waals surface area contributed by atoms with Crippen molar-refractivity contribution < 1.29 is 34.2 Å². The largest absolute Gasteiger partial charge is 0.481 e. The zero-order valence-corrected chi connectivity index (χ0v) is 18.7. The van der Waals surface area contributed by atoms with Crippen molar-refractivity contribution in [3.8, 4) is 0 Å². The van der Waals surface area contributed by atoms with Crippen LogP contribution in [0.2, 0.25) is 0 Å². The van der Waals surface area contributed by atoms with Crippen molar-refractivity contribution in [1.82, 2.24) is 25.5 Å². The Morgan fingerprint density at radius 1 is 1.24 bits per heavy atom. The number of likely N-dealkylation sites (tertiary alicyclic amines) is 1. The quantitative estimate of drug-likeness (QED) is 0.165. The molecule has 4 atom stereocenters. The molecule has 1 aromatic heterocycles. The molecule has 2 heterocycles. The van der Waals surface area contributed by atoms with Crippen LogP contribution in [0.15, 0.2) is 12.5 Å². The monoisotopic (exact) mass is 484 g/mol. The molecule has 2 rings (SSSR count). The highest BCUT2D eigenvalue weighted by Gasteiger charge is 2.38. The fourth-order valence-electron chi connectivity index (χ4n) is 3.49. The number of aromatic amines is 1. The van der Waals surface area contributed by atoms with Crippen LogP contribution < -0.4 is 16.4 Å². The molecule has 1 aromatic rings. The molecule has 0 bridgehead atoms. The molecule has 0 saturated carbocycles. The maximum absolute atomic E-state index is 13.0. The second kappa shape index (κ2) is 12.2. The SMILES string of the molecule is NC(Cc1cnc[nH]1)C(=O)NC(CS)C(=O)N1CCCC1C(=O)NC(CCC(=O)O)C(=O)O. The molecule has 182 valence electrons. The van der Waals surface area contributed by atoms with E-state index < -0.39 is 60.2 Å². The highest BCUT2D eigenvalue weighted by molar-refractivity contribution is 7.80. The van der Waals surface area contributed by atoms with E-state index in [1.807, 2.05) is 0 Å². The number of imidazole rings is 1. The Balaban J connectivity index is 2.00. The number of carbonyl (C=O) groups is 5. The number of amides is 3. The second-order valence-electron chi connectivity index (χ2n) is 7.65. The minimum atomic E-state index is -1.40. The minimum absolute atomic E-state index is 0.0391. The molecule has 3 amide bonds. The number of hydrogen-bond donors (Lipinski definition) is 7. The van der Waals surface area contributed by atoms with Crippen LogP contribution in [0.25, 0.3) is 0 Å². The predicted molar refractivity (Wildman–Crippen MR) is 117 cm³/mol. The molecule has 1 aliphatic rings. The third-order valence-corrected chi connectivity index (χ3v) is 5.59. The summed E-state index contributed by atoms with van der Waals surface area (Å²) in [4.78, 5) is 68.2. The average Bonchev–Trinajstić information content (AvgIpc) is 3.45. The topological polar surface area (TPSA) is 208 Å². The maximum Gasteiger partial charge on any atom is 0.326 e. The molecule has 33 heavy (non-hydrogen) atoms. The lowest BCUT2D eigenvalue weighted by Gasteiger charge is -2.29. The van der Waals surface area contributed by atoms with Crippen LogP contribution in [0.3, 0.4) is 0 Å². The maximum atomic E-state index is 13.0. The zero-order chi connectivity index (χ0) is 24.5. The van der Waals surface area contributed by atoms with Gasteiger partial charge in [-0.1, -0.05) is 0 Å². The van der Waals surface area contributed by atoms with Crippen molar-refractivity contribution in [3.05, 3.63) is 18.2 Å². The molecular formula is C19H28N6O7S. The van der Waals surface area contributed by atoms with Gasteiger partial charge >= 0.3 is 11.9 Å². The van der Waals surface area contributed by atoms with Gasteiger partial charge in [0.2, 0.25) is 17.7 Å². The Bertz CT molecular complexity index is 865. The number of aliphatic carboxylic acids is 2. The number of nitrogens with zero attached hydrogens (tertiary/aromatic N) is 2. The fourth-order valence-corrected chi connectivity index (χ4v) is 3.73. The lowest BCUT2D eigenvalue weighted by Crippen LogP contribution is -2.57. The third kappa shape index (κ3) is 7.46. The van der Waals surface area contributed by atoms with Crippen LogP contribution in [0.1, 0.15) is 31.4 Å². The number of aromatic nitrogens is 2. The number of nitrogens with two attached hydrogens (primary N) is 1. The van der Waals surface area contributed by atoms with E-state index in [0.717, 1.165) is 0 Å². The van der Waals surface area contributed by atoms with E-state index in [9.17, 15) is 29.1 Å². The Morgan fingerprint density at radius 2 is 1.97 bits per heavy atom. The molecule has 4 unspecified atom stereocenters. The number of rotatable bonds is 12. The number of H-pyrrole nitrogens is 1. The van der Waals surface area contributed by atoms with Gasteiger partial charge in [0.15, 0.2) is 0 Å². The van der Waals surface area contributed by atoms with Crippen LogP contribution in [0, 0.1) is 0 Å². The van der Waals surface area contributed by atoms with Gasteiger partial charge in [0.05, 0.1) is 12.4 Å². The van der Waals surface area contributed by atoms with E-state index in [-0.39, 0.29) is 25.1 Å². The summed E-state index contributed by atoms with van der Waals surface area (Å²) in [5, 5.41) is 22.9. The van der Waals surface area contributed by atoms with Crippen LogP contribution in [-0.4, -0.2) is 91.2 Å². The molecule has 0 spiro atoms. The van der Waals surface area contributed by atoms with Gasteiger partial charge < -0.3 is 36.5 Å². The number of carboxylic acid groups (broad SMARTS) is 2. The molecule has 1 aliphatic heterocycles. The van der Waals surface area contributed by atoms with Gasteiger partial charge in [-0.15, -0.1) is 0 Å². The smallest absolute Gasteiger partial charge is 0.326 e. The van der Waals surface area contributed by atoms with Crippen LogP contribution in [-0.2, 0) is 30.4 Å². The highest BCUT2D eigenvalue weighted by Crippen LogP contribution is 2.19. The minimum Gasteiger partial charge on any atom is -0.481 e. The Kier molecular flexibility index (Phi) is 9.66. The zero-order valence-electron chi connectivity index (χ0n) is 17.8. The van der Waals surface area contributed by atoms with Crippen molar-refractivity contribution in [1.29, 1.82) is 0 Å². The first kappa shape index (κ1) is 26.1. The summed E-state index contributed by atoms with van der Waals surface area (Å²) in [7, 11) is 0. The molecule has 0 aliphatic carbocycles. The molecule has 7 N–H and O–H groups in total. The lowest BCUT2D eigenvalue weighted by molar-refractivity contribution is -0.145. The van der Waals surface area contributed by atoms with E-state index in [1.165, 1.54) is 17.4 Å². The van der Waals surface area contributed by atoms with Gasteiger partial charge in [-0.2, -0.15) is 12.6 Å². The number of carboxylic acids is 2. The van der Waals surface area contributed by atoms with Gasteiger partial charge in [-0.25, -0.2) is 9.78 Å². The number of carbonyl (C=O) groups excluding carboxylic acids is 3. The third-order valence-electron chi connectivity index (χ3n) is 5.23. The first-order valence-electron chi connectivity index (χ1n) is 10.3. The summed E-state index contributed by atoms with van der Waals surface area (Å²) >= 11 is 4.14. The highest BCUT2D eigenvalue weighted by atomic mass is 32.1. The molecule has 1 fully saturated rings. The Morgan fingerprint density at radius 3 is 2.55 bits per heavy atom. The first-order chi connectivity index (χ1) is 15.6. The summed E-state index contributed by atoms with van der Waals surface area (Å²) in [6.07, 6.45) is 3.25. The van der Waals surface area contributed by atoms with Crippen LogP contribution in [0.5, 0.6) is 0 Å². The van der Waals surface area contributed by atoms with Crippen molar-refractivity contribution in [2.24, 2.45) is 5.73 Å². The van der Waals surface area contributed by atoms with Crippen LogP contribution in [0.4, 0.5) is 0 Å². The molecule has 14 heteroatoms. The number of nitrogens with one attached hydrogen (secondary N) is 3. The van der Waals surface area contributed by atoms with E-state index in [0.29, 0.717) is 18.5 Å². The predicted octanol–water partition coefficient (Wildman–Crippen LogP) is -1.88. The van der Waals surface area contributed by atoms with Crippen molar-refractivity contribution in [2.45, 2.75) is 56.3 Å². The molecule has 1 saturated heterocycles. The molecular weight excluding hydrogens is 456 g/mol. The lowest BCUT2D eigenvalue weighted by atomic mass is 10.1. The normalized spacial score (nSPS) is 18.2. The first-order valence-corrected chi connectivity index (χ1v) is 11.0. The van der Waals surface area contributed by atoms with Gasteiger partial charge in [0.25, 0.3) is 0 Å². The van der Waals surface area contributed by atoms with Gasteiger partial charge in [-0.3, -0.25) is 19.2 Å². The van der Waals surface area contributed by atoms with Gasteiger partial charge in [-0.05, 0) is 19.3 Å². The van der Waals surface area contributed by atoms with E-state index in [2.05, 4.69) is 33.2 Å². The summed E-state index contributed by atoms with van der Waals surface area (Å²) in [6, 6.07) is -4.32. The number of thiol groups is 1. The standard InChI is InChI=1S/C19H28N6O7S/c20-11(6-10-7-21-9-22-10)16(28)24-13(8-33)18(30)25-5-1-2-14(25)17(29)23-12(19(31)32)3-4-15(26)27/h7,9,11-14,33H,1-6,8,20H2,(H,21,22)(H,23,29)(H,24,28)(H,26,27)(H,31,32). The molecule has 0 aromatic carbocycles. The van der Waals surface area contributed by atoms with Crippen molar-refractivity contribution >= 4 is 42.3 Å². The van der Waals surface area contributed by atoms with E-state index >= 15 is 0 Å². The van der Waals surface area contributed by atoms with Crippen molar-refractivity contribution in [3.63, 3.8) is 0 Å². The summed E-state index contributed by atoms with van der Waals surface area (Å²) < 4.78 is 0. The average molecular weight is 485 g/mol. The Labute approximate surface area is 194 Å². The van der Waals surface area contributed by atoms with Crippen molar-refractivity contribution in [2.75, 3.05) is 12.3 Å². The number of hydrogen-bond acceptors (Lipinski definition) is 8.